The summed E-state index contributed by atoms with van der Waals surface area (Å²) >= 11 is 0. The lowest BCUT2D eigenvalue weighted by atomic mass is 9.96. The van der Waals surface area contributed by atoms with Gasteiger partial charge in [0.15, 0.2) is 0 Å². The summed E-state index contributed by atoms with van der Waals surface area (Å²) in [6.45, 7) is 8.46. The molecule has 26 heavy (non-hydrogen) atoms. The van der Waals surface area contributed by atoms with Crippen molar-refractivity contribution in [3.05, 3.63) is 108 Å². The van der Waals surface area contributed by atoms with Crippen LogP contribution in [0.25, 0.3) is 0 Å². The number of aromatic nitrogens is 1. The molecule has 1 N–H and O–H groups in total. The largest absolute Gasteiger partial charge is 0.360 e. The normalized spacial score (nSPS) is 13.8. The van der Waals surface area contributed by atoms with Crippen LogP contribution in [0.15, 0.2) is 90.8 Å². The molecule has 0 aliphatic heterocycles. The van der Waals surface area contributed by atoms with Crippen molar-refractivity contribution in [2.75, 3.05) is 5.32 Å². The van der Waals surface area contributed by atoms with Crippen molar-refractivity contribution >= 4 is 5.69 Å². The highest BCUT2D eigenvalue weighted by molar-refractivity contribution is 5.49. The number of aryl methyl sites for hydroxylation is 2. The zero-order valence-corrected chi connectivity index (χ0v) is 16.1. The van der Waals surface area contributed by atoms with Crippen molar-refractivity contribution in [1.29, 1.82) is 0 Å². The summed E-state index contributed by atoms with van der Waals surface area (Å²) in [5.41, 5.74) is 5.91. The number of hydrogen-bond donors (Lipinski definition) is 1. The first kappa shape index (κ1) is 19.5. The van der Waals surface area contributed by atoms with Gasteiger partial charge in [-0.25, -0.2) is 0 Å². The summed E-state index contributed by atoms with van der Waals surface area (Å²) in [6, 6.07) is 12.5. The summed E-state index contributed by atoms with van der Waals surface area (Å²) in [5.74, 6) is 0.415. The molecule has 2 rings (SSSR count). The van der Waals surface area contributed by atoms with E-state index in [2.05, 4.69) is 91.8 Å². The minimum atomic E-state index is 0.415. The minimum absolute atomic E-state index is 0.415. The molecule has 2 heteroatoms. The summed E-state index contributed by atoms with van der Waals surface area (Å²) in [7, 11) is 0. The van der Waals surface area contributed by atoms with Gasteiger partial charge in [0.2, 0.25) is 0 Å². The molecule has 0 spiro atoms. The number of allylic oxidation sites excluding steroid dienone is 7. The van der Waals surface area contributed by atoms with Gasteiger partial charge < -0.3 is 5.32 Å². The van der Waals surface area contributed by atoms with E-state index in [1.165, 1.54) is 16.7 Å². The zero-order chi connectivity index (χ0) is 18.8. The van der Waals surface area contributed by atoms with Crippen LogP contribution in [0.5, 0.6) is 0 Å². The second kappa shape index (κ2) is 10.2. The van der Waals surface area contributed by atoms with Gasteiger partial charge in [0.05, 0.1) is 11.4 Å². The lowest BCUT2D eigenvalue weighted by Gasteiger charge is -2.09. The predicted octanol–water partition coefficient (Wildman–Crippen LogP) is 6.49. The van der Waals surface area contributed by atoms with E-state index in [1.54, 1.807) is 6.20 Å². The first-order valence-corrected chi connectivity index (χ1v) is 9.00. The van der Waals surface area contributed by atoms with Gasteiger partial charge in [0.25, 0.3) is 0 Å². The average Bonchev–Trinajstić information content (AvgIpc) is 2.63. The minimum Gasteiger partial charge on any atom is -0.360 e. The van der Waals surface area contributed by atoms with Crippen LogP contribution in [0.2, 0.25) is 0 Å². The molecule has 0 aliphatic carbocycles. The molecule has 0 radical (unpaired) electrons. The van der Waals surface area contributed by atoms with Crippen LogP contribution < -0.4 is 5.32 Å². The standard InChI is InChI=1S/C24H28N2/c1-19(16-18-26-24-15-10-17-25-22(24)4)11-6-5-7-12-20(2)23-14-9-8-13-21(23)3/h5-18,20,26H,1-4H3/b6-5+,12-7+,18-16+,19-11+/t20-/m0/s1. The van der Waals surface area contributed by atoms with Crippen LogP contribution in [0, 0.1) is 13.8 Å². The van der Waals surface area contributed by atoms with E-state index in [4.69, 9.17) is 0 Å². The second-order valence-electron chi connectivity index (χ2n) is 6.44. The Hall–Kier alpha value is -2.87. The van der Waals surface area contributed by atoms with E-state index >= 15 is 0 Å². The molecular weight excluding hydrogens is 316 g/mol. The van der Waals surface area contributed by atoms with Crippen molar-refractivity contribution < 1.29 is 0 Å². The van der Waals surface area contributed by atoms with Crippen molar-refractivity contribution in [2.45, 2.75) is 33.6 Å². The zero-order valence-electron chi connectivity index (χ0n) is 16.1. The van der Waals surface area contributed by atoms with Gasteiger partial charge in [0.1, 0.15) is 0 Å². The van der Waals surface area contributed by atoms with Crippen LogP contribution in [-0.2, 0) is 0 Å². The highest BCUT2D eigenvalue weighted by atomic mass is 14.9. The lowest BCUT2D eigenvalue weighted by Crippen LogP contribution is -1.92. The SMILES string of the molecule is CC(/C=C/Nc1cccnc1C)=C\C=C\C=C\[C@H](C)c1ccccc1C. The van der Waals surface area contributed by atoms with Gasteiger partial charge in [-0.15, -0.1) is 0 Å². The molecule has 0 saturated carbocycles. The fraction of sp³-hybridized carbons (Fsp3) is 0.208. The monoisotopic (exact) mass is 344 g/mol. The fourth-order valence-electron chi connectivity index (χ4n) is 2.66. The Balaban J connectivity index is 1.85. The van der Waals surface area contributed by atoms with Gasteiger partial charge in [-0.2, -0.15) is 0 Å². The third kappa shape index (κ3) is 6.21. The van der Waals surface area contributed by atoms with E-state index in [0.717, 1.165) is 11.4 Å². The molecule has 1 atom stereocenters. The smallest absolute Gasteiger partial charge is 0.0607 e. The van der Waals surface area contributed by atoms with Crippen LogP contribution in [0.1, 0.15) is 36.6 Å². The van der Waals surface area contributed by atoms with Crippen molar-refractivity contribution in [1.82, 2.24) is 4.98 Å². The Morgan fingerprint density at radius 3 is 2.62 bits per heavy atom. The van der Waals surface area contributed by atoms with Gasteiger partial charge in [0, 0.05) is 12.4 Å². The first-order valence-electron chi connectivity index (χ1n) is 9.00. The summed E-state index contributed by atoms with van der Waals surface area (Å²) in [5, 5.41) is 3.26. The Labute approximate surface area is 157 Å². The number of benzene rings is 1. The number of pyridine rings is 1. The molecule has 0 bridgehead atoms. The number of nitrogens with one attached hydrogen (secondary N) is 1. The molecule has 134 valence electrons. The van der Waals surface area contributed by atoms with E-state index in [1.807, 2.05) is 25.3 Å². The number of nitrogens with zero attached hydrogens (tertiary/aromatic N) is 1. The third-order valence-electron chi connectivity index (χ3n) is 4.25. The quantitative estimate of drug-likeness (QED) is 0.581. The molecular formula is C24H28N2. The third-order valence-corrected chi connectivity index (χ3v) is 4.25. The van der Waals surface area contributed by atoms with Crippen LogP contribution >= 0.6 is 0 Å². The van der Waals surface area contributed by atoms with E-state index in [9.17, 15) is 0 Å². The van der Waals surface area contributed by atoms with Gasteiger partial charge in [-0.3, -0.25) is 4.98 Å². The average molecular weight is 345 g/mol. The van der Waals surface area contributed by atoms with Crippen LogP contribution in [0.4, 0.5) is 5.69 Å². The van der Waals surface area contributed by atoms with Crippen LogP contribution in [0.3, 0.4) is 0 Å². The maximum absolute atomic E-state index is 4.26. The highest BCUT2D eigenvalue weighted by Gasteiger charge is 2.02. The Kier molecular flexibility index (Phi) is 7.63. The number of hydrogen-bond acceptors (Lipinski definition) is 2. The first-order chi connectivity index (χ1) is 12.6. The molecule has 0 unspecified atom stereocenters. The van der Waals surface area contributed by atoms with Gasteiger partial charge >= 0.3 is 0 Å². The summed E-state index contributed by atoms with van der Waals surface area (Å²) in [4.78, 5) is 4.26. The van der Waals surface area contributed by atoms with Gasteiger partial charge in [-0.1, -0.05) is 61.6 Å². The fourth-order valence-corrected chi connectivity index (χ4v) is 2.66. The van der Waals surface area contributed by atoms with E-state index in [0.29, 0.717) is 5.92 Å². The summed E-state index contributed by atoms with van der Waals surface area (Å²) in [6.07, 6.45) is 16.4. The number of rotatable bonds is 7. The highest BCUT2D eigenvalue weighted by Crippen LogP contribution is 2.20. The molecule has 1 aromatic heterocycles. The van der Waals surface area contributed by atoms with Gasteiger partial charge in [-0.05, 0) is 61.6 Å². The molecule has 0 fully saturated rings. The molecule has 2 aromatic rings. The molecule has 0 aliphatic rings. The summed E-state index contributed by atoms with van der Waals surface area (Å²) < 4.78 is 0. The van der Waals surface area contributed by atoms with Crippen molar-refractivity contribution in [3.8, 4) is 0 Å². The second-order valence-corrected chi connectivity index (χ2v) is 6.44. The Morgan fingerprint density at radius 2 is 1.85 bits per heavy atom. The Bertz CT molecular complexity index is 826. The molecule has 2 nitrogen and oxygen atoms in total. The maximum atomic E-state index is 4.26. The van der Waals surface area contributed by atoms with Crippen LogP contribution in [-0.4, -0.2) is 4.98 Å². The van der Waals surface area contributed by atoms with E-state index in [-0.39, 0.29) is 0 Å². The molecule has 1 heterocycles. The maximum Gasteiger partial charge on any atom is 0.0607 e. The van der Waals surface area contributed by atoms with Crippen molar-refractivity contribution in [2.24, 2.45) is 0 Å². The molecule has 1 aromatic carbocycles. The topological polar surface area (TPSA) is 24.9 Å². The van der Waals surface area contributed by atoms with Crippen molar-refractivity contribution in [3.63, 3.8) is 0 Å². The Morgan fingerprint density at radius 1 is 1.04 bits per heavy atom. The van der Waals surface area contributed by atoms with E-state index < -0.39 is 0 Å². The number of anilines is 1. The molecule has 0 saturated heterocycles. The predicted molar refractivity (Wildman–Crippen MR) is 113 cm³/mol. The molecule has 0 amide bonds. The lowest BCUT2D eigenvalue weighted by molar-refractivity contribution is 0.952.